The number of ether oxygens (including phenoxy) is 4. The molecule has 0 heterocycles. The molecule has 4 aromatic carbocycles. The van der Waals surface area contributed by atoms with E-state index in [1.807, 2.05) is 0 Å². The lowest BCUT2D eigenvalue weighted by molar-refractivity contribution is 0.365. The molecule has 0 spiro atoms. The van der Waals surface area contributed by atoms with Crippen LogP contribution in [0, 0.1) is 0 Å². The van der Waals surface area contributed by atoms with E-state index in [1.54, 1.807) is 72.8 Å². The summed E-state index contributed by atoms with van der Waals surface area (Å²) in [5.74, 6) is 1.68. The van der Waals surface area contributed by atoms with Crippen LogP contribution in [-0.2, 0) is 9.13 Å². The van der Waals surface area contributed by atoms with Gasteiger partial charge in [-0.3, -0.25) is 0 Å². The predicted octanol–water partition coefficient (Wildman–Crippen LogP) is 7.68. The van der Waals surface area contributed by atoms with Crippen LogP contribution in [0.3, 0.4) is 0 Å². The predicted molar refractivity (Wildman–Crippen MR) is 155 cm³/mol. The average Bonchev–Trinajstić information content (AvgIpc) is 2.97. The molecule has 0 aliphatic rings. The first-order valence-corrected chi connectivity index (χ1v) is 15.7. The van der Waals surface area contributed by atoms with E-state index in [4.69, 9.17) is 37.0 Å². The van der Waals surface area contributed by atoms with Crippen molar-refractivity contribution in [2.24, 2.45) is 0 Å². The summed E-state index contributed by atoms with van der Waals surface area (Å²) in [6, 6.07) is 25.8. The number of benzene rings is 4. The van der Waals surface area contributed by atoms with E-state index < -0.39 is 21.1 Å². The number of hydrogen-bond acceptors (Lipinski definition) is 10. The van der Waals surface area contributed by atoms with Gasteiger partial charge in [0.05, 0.1) is 28.4 Å². The van der Waals surface area contributed by atoms with Crippen molar-refractivity contribution in [3.05, 3.63) is 97.1 Å². The Hall–Kier alpha value is -4.26. The molecule has 0 aromatic heterocycles. The Morgan fingerprint density at radius 3 is 0.854 bits per heavy atom. The maximum atomic E-state index is 14.5. The first kappa shape index (κ1) is 29.7. The van der Waals surface area contributed by atoms with Gasteiger partial charge in [0.1, 0.15) is 46.0 Å². The molecule has 0 aliphatic heterocycles. The van der Waals surface area contributed by atoms with Gasteiger partial charge < -0.3 is 37.0 Å². The van der Waals surface area contributed by atoms with E-state index in [0.717, 1.165) is 0 Å². The smallest absolute Gasteiger partial charge is 0.445 e. The van der Waals surface area contributed by atoms with Crippen LogP contribution >= 0.6 is 15.2 Å². The van der Waals surface area contributed by atoms with Crippen molar-refractivity contribution in [3.8, 4) is 46.0 Å². The Balaban J connectivity index is 1.76. The molecule has 0 aliphatic carbocycles. The summed E-state index contributed by atoms with van der Waals surface area (Å²) >= 11 is 0. The molecule has 4 rings (SSSR count). The van der Waals surface area contributed by atoms with Gasteiger partial charge in [0.2, 0.25) is 0 Å². The zero-order chi connectivity index (χ0) is 29.3. The Labute approximate surface area is 238 Å². The molecular weight excluding hydrogens is 570 g/mol. The highest BCUT2D eigenvalue weighted by atomic mass is 31.2. The third-order valence-electron chi connectivity index (χ3n) is 5.49. The molecule has 12 heteroatoms. The topological polar surface area (TPSA) is 108 Å². The van der Waals surface area contributed by atoms with Crippen LogP contribution in [-0.4, -0.2) is 34.3 Å². The van der Waals surface area contributed by atoms with Crippen molar-refractivity contribution in [2.45, 2.75) is 0 Å². The van der Waals surface area contributed by atoms with Gasteiger partial charge in [-0.05, 0) is 48.5 Å². The standard InChI is InChI=1S/C29H30O10P2/c1-32-22-9-5-13-26(17-22)36-40(30,37-27-14-6-10-23(18-27)33-2)21-41(31,38-28-15-7-11-24(19-28)34-3)39-29-16-8-12-25(20-29)35-4/h5-20H,21H2,1-4H3. The van der Waals surface area contributed by atoms with Crippen LogP contribution < -0.4 is 37.0 Å². The molecule has 0 amide bonds. The minimum absolute atomic E-state index is 0.157. The molecule has 0 fully saturated rings. The molecule has 0 saturated heterocycles. The van der Waals surface area contributed by atoms with E-state index in [0.29, 0.717) is 23.0 Å². The van der Waals surface area contributed by atoms with E-state index in [1.165, 1.54) is 52.7 Å². The first-order valence-electron chi connectivity index (χ1n) is 12.3. The van der Waals surface area contributed by atoms with Crippen molar-refractivity contribution in [1.29, 1.82) is 0 Å². The number of rotatable bonds is 14. The van der Waals surface area contributed by atoms with Crippen molar-refractivity contribution in [2.75, 3.05) is 34.3 Å². The summed E-state index contributed by atoms with van der Waals surface area (Å²) < 4.78 is 73.7. The SMILES string of the molecule is COc1cccc(OP(=O)(CP(=O)(Oc2cccc(OC)c2)Oc2cccc(OC)c2)Oc2cccc(OC)c2)c1. The van der Waals surface area contributed by atoms with Gasteiger partial charge in [-0.1, -0.05) is 24.3 Å². The summed E-state index contributed by atoms with van der Waals surface area (Å²) in [7, 11) is -2.73. The number of methoxy groups -OCH3 is 4. The fraction of sp³-hybridized carbons (Fsp3) is 0.172. The quantitative estimate of drug-likeness (QED) is 0.134. The average molecular weight is 600 g/mol. The van der Waals surface area contributed by atoms with Crippen LogP contribution in [0.2, 0.25) is 0 Å². The minimum atomic E-state index is -4.34. The molecule has 0 N–H and O–H groups in total. The molecule has 10 nitrogen and oxygen atoms in total. The van der Waals surface area contributed by atoms with Crippen molar-refractivity contribution in [1.82, 2.24) is 0 Å². The van der Waals surface area contributed by atoms with E-state index in [-0.39, 0.29) is 23.0 Å². The normalized spacial score (nSPS) is 11.2. The van der Waals surface area contributed by atoms with Crippen molar-refractivity contribution in [3.63, 3.8) is 0 Å². The molecule has 0 unspecified atom stereocenters. The Morgan fingerprint density at radius 2 is 0.634 bits per heavy atom. The molecule has 4 aromatic rings. The van der Waals surface area contributed by atoms with Gasteiger partial charge in [0.15, 0.2) is 5.90 Å². The van der Waals surface area contributed by atoms with E-state index in [2.05, 4.69) is 0 Å². The van der Waals surface area contributed by atoms with Crippen LogP contribution in [0.15, 0.2) is 97.1 Å². The first-order chi connectivity index (χ1) is 19.7. The fourth-order valence-corrected chi connectivity index (χ4v) is 8.07. The van der Waals surface area contributed by atoms with Crippen molar-refractivity contribution >= 4 is 15.2 Å². The Morgan fingerprint density at radius 1 is 0.415 bits per heavy atom. The maximum Gasteiger partial charge on any atom is 0.445 e. The molecule has 41 heavy (non-hydrogen) atoms. The van der Waals surface area contributed by atoms with Crippen LogP contribution in [0.1, 0.15) is 0 Å². The third-order valence-corrected chi connectivity index (χ3v) is 10.2. The summed E-state index contributed by atoms with van der Waals surface area (Å²) in [6.07, 6.45) is 0. The lowest BCUT2D eigenvalue weighted by Crippen LogP contribution is -2.12. The van der Waals surface area contributed by atoms with Crippen LogP contribution in [0.4, 0.5) is 0 Å². The molecule has 0 saturated carbocycles. The summed E-state index contributed by atoms with van der Waals surface area (Å²) in [6.45, 7) is 0. The molecule has 216 valence electrons. The second-order valence-electron chi connectivity index (χ2n) is 8.44. The zero-order valence-electron chi connectivity index (χ0n) is 22.9. The third kappa shape index (κ3) is 8.37. The van der Waals surface area contributed by atoms with E-state index in [9.17, 15) is 9.13 Å². The minimum Gasteiger partial charge on any atom is -0.497 e. The zero-order valence-corrected chi connectivity index (χ0v) is 24.7. The molecule has 0 radical (unpaired) electrons. The summed E-state index contributed by atoms with van der Waals surface area (Å²) in [5.41, 5.74) is 0. The lowest BCUT2D eigenvalue weighted by Gasteiger charge is -2.25. The van der Waals surface area contributed by atoms with Gasteiger partial charge in [-0.25, -0.2) is 9.13 Å². The Bertz CT molecular complexity index is 1340. The van der Waals surface area contributed by atoms with E-state index >= 15 is 0 Å². The second kappa shape index (κ2) is 13.4. The van der Waals surface area contributed by atoms with Crippen LogP contribution in [0.5, 0.6) is 46.0 Å². The maximum absolute atomic E-state index is 14.5. The summed E-state index contributed by atoms with van der Waals surface area (Å²) in [4.78, 5) is 0. The van der Waals surface area contributed by atoms with Crippen LogP contribution in [0.25, 0.3) is 0 Å². The Kier molecular flexibility index (Phi) is 9.71. The highest BCUT2D eigenvalue weighted by Gasteiger charge is 2.44. The van der Waals surface area contributed by atoms with Gasteiger partial charge in [0, 0.05) is 24.3 Å². The lowest BCUT2D eigenvalue weighted by atomic mass is 10.3. The second-order valence-corrected chi connectivity index (χ2v) is 12.7. The molecule has 0 bridgehead atoms. The van der Waals surface area contributed by atoms with Gasteiger partial charge in [-0.15, -0.1) is 0 Å². The largest absolute Gasteiger partial charge is 0.497 e. The van der Waals surface area contributed by atoms with Gasteiger partial charge in [0.25, 0.3) is 0 Å². The fourth-order valence-electron chi connectivity index (χ4n) is 3.64. The van der Waals surface area contributed by atoms with Gasteiger partial charge >= 0.3 is 15.2 Å². The molecular formula is C29H30O10P2. The van der Waals surface area contributed by atoms with Crippen molar-refractivity contribution < 1.29 is 46.2 Å². The highest BCUT2D eigenvalue weighted by molar-refractivity contribution is 7.72. The highest BCUT2D eigenvalue weighted by Crippen LogP contribution is 2.63. The van der Waals surface area contributed by atoms with Gasteiger partial charge in [-0.2, -0.15) is 0 Å². The monoisotopic (exact) mass is 600 g/mol. The molecule has 0 atom stereocenters. The summed E-state index contributed by atoms with van der Waals surface area (Å²) in [5, 5.41) is 0. The number of hydrogen-bond donors (Lipinski definition) is 0.